The fraction of sp³-hybridized carbons (Fsp3) is 0.818. The first kappa shape index (κ1) is 24.3. The summed E-state index contributed by atoms with van der Waals surface area (Å²) in [5, 5.41) is -1.85. The van der Waals surface area contributed by atoms with E-state index in [0.717, 1.165) is 0 Å². The molecule has 0 aromatic carbocycles. The van der Waals surface area contributed by atoms with Crippen LogP contribution >= 0.6 is 38.6 Å². The molecule has 0 bridgehead atoms. The summed E-state index contributed by atoms with van der Waals surface area (Å²) in [5.41, 5.74) is 0. The first-order valence-corrected chi connectivity index (χ1v) is 10.7. The molecular weight excluding hydrogens is 415 g/mol. The molecule has 0 saturated heterocycles. The minimum atomic E-state index is -4.80. The van der Waals surface area contributed by atoms with Crippen molar-refractivity contribution < 1.29 is 40.5 Å². The fourth-order valence-electron chi connectivity index (χ4n) is 1.38. The molecule has 0 fully saturated rings. The number of hydrogen-bond acceptors (Lipinski definition) is 7. The SMILES string of the molecule is CCOP(=O)(OCC)OC(=C(F)Cl)C(F)(Cl)P(=O)(OCC)OCC. The Labute approximate surface area is 149 Å². The molecule has 1 atom stereocenters. The summed E-state index contributed by atoms with van der Waals surface area (Å²) < 4.78 is 76.9. The second kappa shape index (κ2) is 10.4. The van der Waals surface area contributed by atoms with Gasteiger partial charge in [-0.3, -0.25) is 13.6 Å². The van der Waals surface area contributed by atoms with Gasteiger partial charge in [-0.25, -0.2) is 8.96 Å². The van der Waals surface area contributed by atoms with Crippen molar-refractivity contribution in [3.05, 3.63) is 11.0 Å². The van der Waals surface area contributed by atoms with E-state index in [1.165, 1.54) is 27.7 Å². The molecule has 0 heterocycles. The Bertz CT molecular complexity index is 507. The number of hydrogen-bond donors (Lipinski definition) is 0. The first-order chi connectivity index (χ1) is 11.0. The Balaban J connectivity index is 5.93. The molecule has 0 spiro atoms. The Morgan fingerprint density at radius 3 is 1.62 bits per heavy atom. The van der Waals surface area contributed by atoms with E-state index in [1.807, 2.05) is 0 Å². The highest BCUT2D eigenvalue weighted by Crippen LogP contribution is 2.69. The van der Waals surface area contributed by atoms with E-state index in [9.17, 15) is 17.9 Å². The smallest absolute Gasteiger partial charge is 0.399 e. The van der Waals surface area contributed by atoms with Gasteiger partial charge in [0.1, 0.15) is 0 Å². The maximum Gasteiger partial charge on any atom is 0.530 e. The largest absolute Gasteiger partial charge is 0.530 e. The molecule has 0 saturated carbocycles. The van der Waals surface area contributed by atoms with Gasteiger partial charge in [-0.05, 0) is 39.3 Å². The predicted molar refractivity (Wildman–Crippen MR) is 86.5 cm³/mol. The van der Waals surface area contributed by atoms with Gasteiger partial charge in [0.15, 0.2) is 0 Å². The number of alkyl halides is 2. The zero-order valence-corrected chi connectivity index (χ0v) is 16.9. The monoisotopic (exact) mass is 434 g/mol. The molecule has 0 aliphatic carbocycles. The highest BCUT2D eigenvalue weighted by Gasteiger charge is 2.59. The first-order valence-electron chi connectivity index (χ1n) is 6.94. The molecule has 144 valence electrons. The van der Waals surface area contributed by atoms with Gasteiger partial charge < -0.3 is 13.6 Å². The zero-order valence-electron chi connectivity index (χ0n) is 13.6. The van der Waals surface area contributed by atoms with Crippen LogP contribution in [0.25, 0.3) is 0 Å². The Kier molecular flexibility index (Phi) is 10.6. The third-order valence-corrected chi connectivity index (χ3v) is 6.77. The highest BCUT2D eigenvalue weighted by atomic mass is 35.5. The molecule has 7 nitrogen and oxygen atoms in total. The second-order valence-corrected chi connectivity index (χ2v) is 8.68. The van der Waals surface area contributed by atoms with Crippen molar-refractivity contribution >= 4 is 38.6 Å². The lowest BCUT2D eigenvalue weighted by Gasteiger charge is -2.29. The van der Waals surface area contributed by atoms with E-state index in [2.05, 4.69) is 4.52 Å². The molecule has 0 aromatic rings. The van der Waals surface area contributed by atoms with Gasteiger partial charge in [-0.15, -0.1) is 0 Å². The van der Waals surface area contributed by atoms with E-state index in [-0.39, 0.29) is 26.4 Å². The van der Waals surface area contributed by atoms with Crippen LogP contribution in [0.2, 0.25) is 0 Å². The third kappa shape index (κ3) is 6.22. The normalized spacial score (nSPS) is 16.5. The average molecular weight is 435 g/mol. The Hall–Kier alpha value is 0.280. The van der Waals surface area contributed by atoms with E-state index in [4.69, 9.17) is 41.3 Å². The third-order valence-electron chi connectivity index (χ3n) is 2.16. The number of halogens is 4. The van der Waals surface area contributed by atoms with Gasteiger partial charge in [0, 0.05) is 0 Å². The minimum Gasteiger partial charge on any atom is -0.399 e. The van der Waals surface area contributed by atoms with Crippen molar-refractivity contribution in [1.82, 2.24) is 0 Å². The van der Waals surface area contributed by atoms with Crippen LogP contribution in [0.4, 0.5) is 8.78 Å². The van der Waals surface area contributed by atoms with Gasteiger partial charge in [-0.2, -0.15) is 4.39 Å². The molecule has 0 rings (SSSR count). The van der Waals surface area contributed by atoms with Crippen LogP contribution in [0, 0.1) is 0 Å². The van der Waals surface area contributed by atoms with Crippen molar-refractivity contribution in [3.8, 4) is 0 Å². The van der Waals surface area contributed by atoms with Crippen molar-refractivity contribution in [2.24, 2.45) is 0 Å². The van der Waals surface area contributed by atoms with Crippen LogP contribution in [-0.4, -0.2) is 31.3 Å². The summed E-state index contributed by atoms with van der Waals surface area (Å²) in [4.78, 5) is -3.70. The van der Waals surface area contributed by atoms with Gasteiger partial charge in [0.2, 0.25) is 11.0 Å². The number of allylic oxidation sites excluding steroid dienone is 1. The molecule has 1 unspecified atom stereocenters. The highest BCUT2D eigenvalue weighted by molar-refractivity contribution is 7.58. The van der Waals surface area contributed by atoms with Crippen LogP contribution in [0.3, 0.4) is 0 Å². The van der Waals surface area contributed by atoms with E-state index >= 15 is 0 Å². The predicted octanol–water partition coefficient (Wildman–Crippen LogP) is 5.69. The lowest BCUT2D eigenvalue weighted by Crippen LogP contribution is -2.24. The van der Waals surface area contributed by atoms with E-state index in [0.29, 0.717) is 0 Å². The second-order valence-electron chi connectivity index (χ2n) is 3.84. The molecule has 0 aliphatic rings. The van der Waals surface area contributed by atoms with Gasteiger partial charge in [0.25, 0.3) is 0 Å². The molecular formula is C11H20Cl2F2O7P2. The minimum absolute atomic E-state index is 0.176. The average Bonchev–Trinajstić information content (AvgIpc) is 2.45. The molecule has 13 heteroatoms. The Morgan fingerprint density at radius 1 is 0.958 bits per heavy atom. The van der Waals surface area contributed by atoms with Crippen LogP contribution in [0.5, 0.6) is 0 Å². The van der Waals surface area contributed by atoms with Crippen molar-refractivity contribution in [1.29, 1.82) is 0 Å². The van der Waals surface area contributed by atoms with Crippen LogP contribution < -0.4 is 0 Å². The van der Waals surface area contributed by atoms with Gasteiger partial charge in [0.05, 0.1) is 26.4 Å². The molecule has 0 radical (unpaired) electrons. The van der Waals surface area contributed by atoms with Gasteiger partial charge >= 0.3 is 20.3 Å². The fourth-order valence-corrected chi connectivity index (χ4v) is 4.97. The summed E-state index contributed by atoms with van der Waals surface area (Å²) in [6.07, 6.45) is 0. The van der Waals surface area contributed by atoms with Crippen molar-refractivity contribution in [2.75, 3.05) is 26.4 Å². The summed E-state index contributed by atoms with van der Waals surface area (Å²) in [7, 11) is -9.27. The van der Waals surface area contributed by atoms with Crippen LogP contribution in [0.1, 0.15) is 27.7 Å². The zero-order chi connectivity index (χ0) is 19.0. The lowest BCUT2D eigenvalue weighted by molar-refractivity contribution is 0.120. The number of rotatable bonds is 12. The van der Waals surface area contributed by atoms with Crippen molar-refractivity contribution in [2.45, 2.75) is 32.6 Å². The van der Waals surface area contributed by atoms with E-state index < -0.39 is 31.3 Å². The Morgan fingerprint density at radius 2 is 1.33 bits per heavy atom. The summed E-state index contributed by atoms with van der Waals surface area (Å²) in [5.74, 6) is -1.58. The summed E-state index contributed by atoms with van der Waals surface area (Å²) in [6.45, 7) is 4.73. The maximum absolute atomic E-state index is 15.0. The molecule has 24 heavy (non-hydrogen) atoms. The summed E-state index contributed by atoms with van der Waals surface area (Å²) >= 11 is 10.7. The number of phosphoric acid groups is 1. The molecule has 0 amide bonds. The van der Waals surface area contributed by atoms with Crippen LogP contribution in [0.15, 0.2) is 11.0 Å². The van der Waals surface area contributed by atoms with E-state index in [1.54, 1.807) is 0 Å². The van der Waals surface area contributed by atoms with Crippen LogP contribution in [-0.2, 0) is 31.7 Å². The summed E-state index contributed by atoms with van der Waals surface area (Å²) in [6, 6.07) is 0. The maximum atomic E-state index is 15.0. The van der Waals surface area contributed by atoms with Gasteiger partial charge in [-0.1, -0.05) is 11.6 Å². The molecule has 0 N–H and O–H groups in total. The molecule has 0 aliphatic heterocycles. The quantitative estimate of drug-likeness (QED) is 0.221. The standard InChI is InChI=1S/C11H20Cl2F2O7P2/c1-5-18-23(16,19-6-2)11(13,15)9(10(12)14)22-24(17,20-7-3)21-8-4/h5-8H2,1-4H3. The number of phosphoric ester groups is 1. The molecule has 0 aromatic heterocycles. The van der Waals surface area contributed by atoms with Crippen molar-refractivity contribution in [3.63, 3.8) is 0 Å². The lowest BCUT2D eigenvalue weighted by atomic mass is 10.6. The topological polar surface area (TPSA) is 80.3 Å².